The summed E-state index contributed by atoms with van der Waals surface area (Å²) in [4.78, 5) is 0. The van der Waals surface area contributed by atoms with Crippen molar-refractivity contribution in [3.05, 3.63) is 0 Å². The molecular formula is C9H22N2O2S. The van der Waals surface area contributed by atoms with Crippen LogP contribution < -0.4 is 10.5 Å². The number of hydrogen-bond acceptors (Lipinski definition) is 3. The molecule has 0 rings (SSSR count). The zero-order valence-electron chi connectivity index (χ0n) is 9.50. The summed E-state index contributed by atoms with van der Waals surface area (Å²) in [6.07, 6.45) is 1.30. The van der Waals surface area contributed by atoms with E-state index in [4.69, 9.17) is 5.73 Å². The van der Waals surface area contributed by atoms with E-state index in [0.717, 1.165) is 6.42 Å². The highest BCUT2D eigenvalue weighted by Crippen LogP contribution is 2.12. The quantitative estimate of drug-likeness (QED) is 0.699. The molecule has 0 fully saturated rings. The zero-order valence-corrected chi connectivity index (χ0v) is 10.3. The molecule has 0 aliphatic heterocycles. The van der Waals surface area contributed by atoms with Gasteiger partial charge in [0.2, 0.25) is 10.0 Å². The highest BCUT2D eigenvalue weighted by molar-refractivity contribution is 7.90. The summed E-state index contributed by atoms with van der Waals surface area (Å²) >= 11 is 0. The first kappa shape index (κ1) is 13.9. The van der Waals surface area contributed by atoms with E-state index in [0.29, 0.717) is 6.42 Å². The van der Waals surface area contributed by atoms with Gasteiger partial charge in [-0.3, -0.25) is 0 Å². The average Bonchev–Trinajstić information content (AvgIpc) is 2.04. The topological polar surface area (TPSA) is 72.2 Å². The van der Waals surface area contributed by atoms with Crippen LogP contribution in [0.4, 0.5) is 0 Å². The first-order valence-electron chi connectivity index (χ1n) is 5.02. The van der Waals surface area contributed by atoms with Crippen LogP contribution >= 0.6 is 0 Å². The molecule has 0 aliphatic carbocycles. The summed E-state index contributed by atoms with van der Waals surface area (Å²) < 4.78 is 26.2. The van der Waals surface area contributed by atoms with Gasteiger partial charge in [0.15, 0.2) is 0 Å². The predicted octanol–water partition coefficient (Wildman–Crippen LogP) is 0.832. The van der Waals surface area contributed by atoms with E-state index >= 15 is 0 Å². The second-order valence-corrected chi connectivity index (χ2v) is 6.11. The van der Waals surface area contributed by atoms with Gasteiger partial charge in [0.25, 0.3) is 0 Å². The molecule has 5 heteroatoms. The minimum absolute atomic E-state index is 0.172. The maximum Gasteiger partial charge on any atom is 0.216 e. The van der Waals surface area contributed by atoms with E-state index in [1.807, 2.05) is 27.7 Å². The van der Waals surface area contributed by atoms with E-state index in [1.54, 1.807) is 0 Å². The van der Waals surface area contributed by atoms with Gasteiger partial charge >= 0.3 is 0 Å². The molecule has 0 heterocycles. The Morgan fingerprint density at radius 3 is 2.14 bits per heavy atom. The molecule has 0 saturated heterocycles. The molecule has 4 nitrogen and oxygen atoms in total. The van der Waals surface area contributed by atoms with Gasteiger partial charge in [-0.15, -0.1) is 0 Å². The van der Waals surface area contributed by atoms with Crippen LogP contribution in [-0.4, -0.2) is 25.8 Å². The van der Waals surface area contributed by atoms with E-state index in [2.05, 4.69) is 4.72 Å². The molecule has 0 radical (unpaired) electrons. The lowest BCUT2D eigenvalue weighted by atomic mass is 10.0. The van der Waals surface area contributed by atoms with Crippen LogP contribution in [-0.2, 0) is 10.0 Å². The van der Waals surface area contributed by atoms with E-state index in [-0.39, 0.29) is 12.1 Å². The lowest BCUT2D eigenvalue weighted by Crippen LogP contribution is -2.48. The van der Waals surface area contributed by atoms with Gasteiger partial charge in [-0.05, 0) is 26.7 Å². The Bertz CT molecular complexity index is 256. The number of nitrogens with two attached hydrogens (primary N) is 1. The van der Waals surface area contributed by atoms with Crippen LogP contribution in [0.1, 0.15) is 40.5 Å². The van der Waals surface area contributed by atoms with Crippen molar-refractivity contribution in [3.8, 4) is 0 Å². The Balaban J connectivity index is 4.64. The fourth-order valence-corrected chi connectivity index (χ4v) is 2.83. The summed E-state index contributed by atoms with van der Waals surface area (Å²) in [6, 6.07) is 0. The smallest absolute Gasteiger partial charge is 0.216 e. The molecule has 3 N–H and O–H groups in total. The van der Waals surface area contributed by atoms with Crippen LogP contribution in [0.2, 0.25) is 0 Å². The number of rotatable bonds is 6. The second-order valence-electron chi connectivity index (χ2n) is 4.15. The van der Waals surface area contributed by atoms with Crippen molar-refractivity contribution in [2.75, 3.05) is 6.54 Å². The molecule has 0 aliphatic rings. The van der Waals surface area contributed by atoms with Gasteiger partial charge in [0.05, 0.1) is 5.25 Å². The molecule has 1 unspecified atom stereocenters. The van der Waals surface area contributed by atoms with Crippen molar-refractivity contribution in [1.29, 1.82) is 0 Å². The van der Waals surface area contributed by atoms with Gasteiger partial charge in [-0.1, -0.05) is 13.8 Å². The van der Waals surface area contributed by atoms with Gasteiger partial charge in [0.1, 0.15) is 0 Å². The third-order valence-corrected chi connectivity index (χ3v) is 4.70. The standard InChI is InChI=1S/C9H22N2O2S/c1-5-8(7-10)14(12,13)11-9(3,4)6-2/h8,11H,5-7,10H2,1-4H3. The fourth-order valence-electron chi connectivity index (χ4n) is 1.05. The highest BCUT2D eigenvalue weighted by Gasteiger charge is 2.28. The average molecular weight is 222 g/mol. The summed E-state index contributed by atoms with van der Waals surface area (Å²) in [5.41, 5.74) is 5.02. The SMILES string of the molecule is CCC(CN)S(=O)(=O)NC(C)(C)CC. The van der Waals surface area contributed by atoms with Gasteiger partial charge in [0, 0.05) is 12.1 Å². The molecule has 0 bridgehead atoms. The second kappa shape index (κ2) is 5.09. The summed E-state index contributed by atoms with van der Waals surface area (Å²) in [6.45, 7) is 7.69. The largest absolute Gasteiger partial charge is 0.329 e. The molecule has 86 valence electrons. The number of sulfonamides is 1. The number of hydrogen-bond donors (Lipinski definition) is 2. The Morgan fingerprint density at radius 2 is 1.86 bits per heavy atom. The van der Waals surface area contributed by atoms with Crippen LogP contribution in [0.5, 0.6) is 0 Å². The van der Waals surface area contributed by atoms with Gasteiger partial charge in [-0.25, -0.2) is 13.1 Å². The van der Waals surface area contributed by atoms with Gasteiger partial charge in [-0.2, -0.15) is 0 Å². The zero-order chi connectivity index (χ0) is 11.4. The normalized spacial score (nSPS) is 15.5. The number of nitrogens with one attached hydrogen (secondary N) is 1. The fraction of sp³-hybridized carbons (Fsp3) is 1.00. The third-order valence-electron chi connectivity index (χ3n) is 2.46. The van der Waals surface area contributed by atoms with Crippen molar-refractivity contribution in [3.63, 3.8) is 0 Å². The van der Waals surface area contributed by atoms with Crippen LogP contribution in [0.25, 0.3) is 0 Å². The third kappa shape index (κ3) is 3.94. The van der Waals surface area contributed by atoms with Crippen molar-refractivity contribution in [1.82, 2.24) is 4.72 Å². The first-order valence-corrected chi connectivity index (χ1v) is 6.56. The monoisotopic (exact) mass is 222 g/mol. The lowest BCUT2D eigenvalue weighted by molar-refractivity contribution is 0.434. The molecule has 1 atom stereocenters. The van der Waals surface area contributed by atoms with Crippen molar-refractivity contribution >= 4 is 10.0 Å². The van der Waals surface area contributed by atoms with Crippen molar-refractivity contribution in [2.45, 2.75) is 51.3 Å². The lowest BCUT2D eigenvalue weighted by Gasteiger charge is -2.26. The van der Waals surface area contributed by atoms with E-state index in [9.17, 15) is 8.42 Å². The van der Waals surface area contributed by atoms with Crippen molar-refractivity contribution < 1.29 is 8.42 Å². The minimum Gasteiger partial charge on any atom is -0.329 e. The molecule has 0 aromatic rings. The maximum atomic E-state index is 11.8. The molecule has 0 aromatic heterocycles. The Hall–Kier alpha value is -0.130. The molecule has 0 amide bonds. The molecule has 0 aromatic carbocycles. The highest BCUT2D eigenvalue weighted by atomic mass is 32.2. The summed E-state index contributed by atoms with van der Waals surface area (Å²) in [5, 5.41) is -0.478. The van der Waals surface area contributed by atoms with Crippen LogP contribution in [0, 0.1) is 0 Å². The molecule has 14 heavy (non-hydrogen) atoms. The van der Waals surface area contributed by atoms with E-state index in [1.165, 1.54) is 0 Å². The Labute approximate surface area is 87.3 Å². The molecule has 0 spiro atoms. The first-order chi connectivity index (χ1) is 6.29. The van der Waals surface area contributed by atoms with Crippen LogP contribution in [0.15, 0.2) is 0 Å². The Morgan fingerprint density at radius 1 is 1.36 bits per heavy atom. The summed E-state index contributed by atoms with van der Waals surface area (Å²) in [5.74, 6) is 0. The predicted molar refractivity (Wildman–Crippen MR) is 59.6 cm³/mol. The van der Waals surface area contributed by atoms with Gasteiger partial charge < -0.3 is 5.73 Å². The summed E-state index contributed by atoms with van der Waals surface area (Å²) in [7, 11) is -3.27. The molecule has 0 saturated carbocycles. The van der Waals surface area contributed by atoms with Crippen molar-refractivity contribution in [2.24, 2.45) is 5.73 Å². The minimum atomic E-state index is -3.27. The van der Waals surface area contributed by atoms with E-state index < -0.39 is 15.3 Å². The molecular weight excluding hydrogens is 200 g/mol. The maximum absolute atomic E-state index is 11.8. The van der Waals surface area contributed by atoms with Crippen LogP contribution in [0.3, 0.4) is 0 Å². The Kier molecular flexibility index (Phi) is 5.05.